The van der Waals surface area contributed by atoms with E-state index in [1.807, 2.05) is 6.08 Å². The summed E-state index contributed by atoms with van der Waals surface area (Å²) in [6.07, 6.45) is 37.1. The van der Waals surface area contributed by atoms with Crippen molar-refractivity contribution in [3.8, 4) is 0 Å². The molecule has 1 amide bonds. The first-order valence-electron chi connectivity index (χ1n) is 17.4. The van der Waals surface area contributed by atoms with E-state index in [0.29, 0.717) is 6.42 Å². The summed E-state index contributed by atoms with van der Waals surface area (Å²) in [6.45, 7) is 4.29. The number of aliphatic hydroxyl groups excluding tert-OH is 2. The van der Waals surface area contributed by atoms with Gasteiger partial charge in [0, 0.05) is 6.42 Å². The summed E-state index contributed by atoms with van der Waals surface area (Å²) in [4.78, 5) is 12.3. The van der Waals surface area contributed by atoms with Gasteiger partial charge in [0.2, 0.25) is 5.91 Å². The van der Waals surface area contributed by atoms with Gasteiger partial charge in [0.1, 0.15) is 0 Å². The number of carbonyl (C=O) groups is 1. The molecule has 0 fully saturated rings. The number of hydrogen-bond acceptors (Lipinski definition) is 3. The third-order valence-corrected chi connectivity index (χ3v) is 8.02. The number of carbonyl (C=O) groups excluding carboxylic acids is 1. The molecule has 4 nitrogen and oxygen atoms in total. The summed E-state index contributed by atoms with van der Waals surface area (Å²) < 4.78 is 0. The third kappa shape index (κ3) is 28.5. The molecule has 0 aromatic rings. The van der Waals surface area contributed by atoms with E-state index < -0.39 is 12.1 Å². The number of unbranched alkanes of at least 4 members (excludes halogenated alkanes) is 24. The van der Waals surface area contributed by atoms with Crippen LogP contribution in [0.5, 0.6) is 0 Å². The summed E-state index contributed by atoms with van der Waals surface area (Å²) in [6, 6.07) is -0.613. The molecule has 0 aliphatic rings. The minimum absolute atomic E-state index is 0.0640. The van der Waals surface area contributed by atoms with Gasteiger partial charge in [0.15, 0.2) is 0 Å². The molecule has 0 bridgehead atoms. The molecule has 0 heterocycles. The molecular formula is C35H69NO3. The van der Waals surface area contributed by atoms with Crippen molar-refractivity contribution in [2.75, 3.05) is 6.61 Å². The Kier molecular flexibility index (Phi) is 30.9. The highest BCUT2D eigenvalue weighted by atomic mass is 16.3. The third-order valence-electron chi connectivity index (χ3n) is 8.02. The van der Waals surface area contributed by atoms with Crippen LogP contribution in [-0.2, 0) is 4.79 Å². The Morgan fingerprint density at radius 1 is 0.590 bits per heavy atom. The van der Waals surface area contributed by atoms with Gasteiger partial charge >= 0.3 is 0 Å². The highest BCUT2D eigenvalue weighted by molar-refractivity contribution is 5.76. The zero-order valence-electron chi connectivity index (χ0n) is 26.4. The first-order chi connectivity index (χ1) is 19.2. The largest absolute Gasteiger partial charge is 0.394 e. The number of allylic oxidation sites excluding steroid dienone is 1. The maximum Gasteiger partial charge on any atom is 0.220 e. The molecule has 0 unspecified atom stereocenters. The van der Waals surface area contributed by atoms with Crippen LogP contribution in [-0.4, -0.2) is 34.9 Å². The molecule has 0 aliphatic heterocycles. The first kappa shape index (κ1) is 38.1. The van der Waals surface area contributed by atoms with Crippen LogP contribution < -0.4 is 5.32 Å². The van der Waals surface area contributed by atoms with Crippen LogP contribution in [0.2, 0.25) is 0 Å². The maximum atomic E-state index is 12.3. The van der Waals surface area contributed by atoms with E-state index in [-0.39, 0.29) is 12.5 Å². The van der Waals surface area contributed by atoms with E-state index in [2.05, 4.69) is 19.2 Å². The monoisotopic (exact) mass is 552 g/mol. The van der Waals surface area contributed by atoms with Crippen LogP contribution in [0, 0.1) is 0 Å². The van der Waals surface area contributed by atoms with Gasteiger partial charge in [-0.15, -0.1) is 0 Å². The number of hydrogen-bond donors (Lipinski definition) is 3. The van der Waals surface area contributed by atoms with Crippen LogP contribution in [0.3, 0.4) is 0 Å². The summed E-state index contributed by atoms with van der Waals surface area (Å²) >= 11 is 0. The second-order valence-corrected chi connectivity index (χ2v) is 11.9. The van der Waals surface area contributed by atoms with E-state index in [9.17, 15) is 15.0 Å². The van der Waals surface area contributed by atoms with Crippen molar-refractivity contribution in [1.82, 2.24) is 5.32 Å². The van der Waals surface area contributed by atoms with E-state index in [1.165, 1.54) is 141 Å². The molecule has 0 saturated carbocycles. The quantitative estimate of drug-likeness (QED) is 0.0593. The highest BCUT2D eigenvalue weighted by Gasteiger charge is 2.17. The fourth-order valence-electron chi connectivity index (χ4n) is 5.29. The van der Waals surface area contributed by atoms with E-state index in [1.54, 1.807) is 6.08 Å². The fourth-order valence-corrected chi connectivity index (χ4v) is 5.29. The lowest BCUT2D eigenvalue weighted by Crippen LogP contribution is -2.45. The van der Waals surface area contributed by atoms with Crippen molar-refractivity contribution in [3.63, 3.8) is 0 Å². The van der Waals surface area contributed by atoms with Gasteiger partial charge < -0.3 is 15.5 Å². The molecule has 0 spiro atoms. The SMILES string of the molecule is CCCCCCCCCCCC/C=C/[C@@H](O)[C@H](CO)NC(=O)CCCCCCCCCCCCCCCCC. The predicted molar refractivity (Wildman–Crippen MR) is 170 cm³/mol. The first-order valence-corrected chi connectivity index (χ1v) is 17.4. The second-order valence-electron chi connectivity index (χ2n) is 11.9. The van der Waals surface area contributed by atoms with E-state index in [4.69, 9.17) is 0 Å². The second kappa shape index (κ2) is 31.7. The topological polar surface area (TPSA) is 69.6 Å². The van der Waals surface area contributed by atoms with Gasteiger partial charge in [-0.3, -0.25) is 4.79 Å². The molecule has 2 atom stereocenters. The van der Waals surface area contributed by atoms with Gasteiger partial charge in [-0.05, 0) is 19.3 Å². The van der Waals surface area contributed by atoms with Crippen LogP contribution in [0.25, 0.3) is 0 Å². The maximum absolute atomic E-state index is 12.3. The zero-order valence-corrected chi connectivity index (χ0v) is 26.4. The Bertz CT molecular complexity index is 522. The Morgan fingerprint density at radius 3 is 1.33 bits per heavy atom. The molecule has 0 aromatic carbocycles. The predicted octanol–water partition coefficient (Wildman–Crippen LogP) is 9.95. The van der Waals surface area contributed by atoms with Crippen LogP contribution in [0.15, 0.2) is 12.2 Å². The minimum Gasteiger partial charge on any atom is -0.394 e. The summed E-state index contributed by atoms with van der Waals surface area (Å²) in [5.74, 6) is -0.0640. The number of amides is 1. The average molecular weight is 552 g/mol. The zero-order chi connectivity index (χ0) is 28.7. The standard InChI is InChI=1S/C35H69NO3/c1-3-5-7-9-11-13-15-17-18-19-21-23-25-27-29-31-35(39)36-33(32-37)34(38)30-28-26-24-22-20-16-14-12-10-8-6-4-2/h28,30,33-34,37-38H,3-27,29,31-32H2,1-2H3,(H,36,39)/b30-28+/t33-,34+/m0/s1. The Labute approximate surface area is 244 Å². The van der Waals surface area contributed by atoms with Crippen LogP contribution >= 0.6 is 0 Å². The smallest absolute Gasteiger partial charge is 0.220 e. The van der Waals surface area contributed by atoms with Gasteiger partial charge in [-0.2, -0.15) is 0 Å². The molecule has 232 valence electrons. The lowest BCUT2D eigenvalue weighted by atomic mass is 10.0. The number of rotatable bonds is 31. The molecule has 0 saturated heterocycles. The van der Waals surface area contributed by atoms with Crippen molar-refractivity contribution in [3.05, 3.63) is 12.2 Å². The van der Waals surface area contributed by atoms with E-state index in [0.717, 1.165) is 25.7 Å². The van der Waals surface area contributed by atoms with Crippen molar-refractivity contribution < 1.29 is 15.0 Å². The summed E-state index contributed by atoms with van der Waals surface area (Å²) in [5.41, 5.74) is 0. The van der Waals surface area contributed by atoms with Crippen molar-refractivity contribution in [2.45, 2.75) is 199 Å². The molecule has 0 aliphatic carbocycles. The minimum atomic E-state index is -0.830. The number of aliphatic hydroxyl groups is 2. The Balaban J connectivity index is 3.61. The molecule has 39 heavy (non-hydrogen) atoms. The van der Waals surface area contributed by atoms with E-state index >= 15 is 0 Å². The molecule has 4 heteroatoms. The molecule has 0 radical (unpaired) electrons. The Hall–Kier alpha value is -0.870. The number of nitrogens with one attached hydrogen (secondary N) is 1. The lowest BCUT2D eigenvalue weighted by molar-refractivity contribution is -0.123. The molecule has 3 N–H and O–H groups in total. The lowest BCUT2D eigenvalue weighted by Gasteiger charge is -2.20. The van der Waals surface area contributed by atoms with Crippen molar-refractivity contribution in [2.24, 2.45) is 0 Å². The normalized spacial score (nSPS) is 13.2. The van der Waals surface area contributed by atoms with Gasteiger partial charge in [-0.25, -0.2) is 0 Å². The Morgan fingerprint density at radius 2 is 0.949 bits per heavy atom. The van der Waals surface area contributed by atoms with Gasteiger partial charge in [-0.1, -0.05) is 174 Å². The molecule has 0 aromatic heterocycles. The molecule has 0 rings (SSSR count). The molecular weight excluding hydrogens is 482 g/mol. The summed E-state index contributed by atoms with van der Waals surface area (Å²) in [5, 5.41) is 22.8. The summed E-state index contributed by atoms with van der Waals surface area (Å²) in [7, 11) is 0. The van der Waals surface area contributed by atoms with Crippen molar-refractivity contribution in [1.29, 1.82) is 0 Å². The fraction of sp³-hybridized carbons (Fsp3) is 0.914. The van der Waals surface area contributed by atoms with Crippen LogP contribution in [0.4, 0.5) is 0 Å². The van der Waals surface area contributed by atoms with Crippen LogP contribution in [0.1, 0.15) is 187 Å². The van der Waals surface area contributed by atoms with Crippen molar-refractivity contribution >= 4 is 5.91 Å². The highest BCUT2D eigenvalue weighted by Crippen LogP contribution is 2.14. The van der Waals surface area contributed by atoms with Gasteiger partial charge in [0.25, 0.3) is 0 Å². The van der Waals surface area contributed by atoms with Gasteiger partial charge in [0.05, 0.1) is 18.8 Å². The average Bonchev–Trinajstić information content (AvgIpc) is 2.94.